The number of ether oxygens (including phenoxy) is 3. The van der Waals surface area contributed by atoms with E-state index in [0.717, 1.165) is 5.56 Å². The number of methoxy groups -OCH3 is 1. The van der Waals surface area contributed by atoms with Crippen LogP contribution in [0.2, 0.25) is 6.82 Å². The monoisotopic (exact) mass is 394 g/mol. The Balaban J connectivity index is 2.13. The van der Waals surface area contributed by atoms with Crippen molar-refractivity contribution in [3.63, 3.8) is 0 Å². The van der Waals surface area contributed by atoms with Crippen LogP contribution in [-0.4, -0.2) is 58.2 Å². The Bertz CT molecular complexity index is 590. The molecule has 1 aromatic rings. The number of rotatable bonds is 9. The Kier molecular flexibility index (Phi) is 8.95. The van der Waals surface area contributed by atoms with E-state index in [1.165, 1.54) is 7.11 Å². The second-order valence-electron chi connectivity index (χ2n) is 5.84. The van der Waals surface area contributed by atoms with E-state index in [1.807, 2.05) is 37.2 Å². The van der Waals surface area contributed by atoms with Crippen LogP contribution in [0, 0.1) is 0 Å². The molecule has 0 bridgehead atoms. The summed E-state index contributed by atoms with van der Waals surface area (Å²) < 4.78 is 28.2. The van der Waals surface area contributed by atoms with E-state index in [-0.39, 0.29) is 24.8 Å². The standard InChI is InChI=1S/C15H23B3O6P2/c1-17(25)23-13-11(9-21-8-10-6-4-3-5-7-10)22-15(20-2)12(19)14(13)24-18(16)26/h3-7,11,13,15,19H,8-9,25-26H2,1-2H3/t11?,13-,15-/m1/s1. The van der Waals surface area contributed by atoms with Gasteiger partial charge in [-0.3, -0.25) is 0 Å². The molecular weight excluding hydrogens is 371 g/mol. The van der Waals surface area contributed by atoms with Gasteiger partial charge in [-0.25, -0.2) is 0 Å². The van der Waals surface area contributed by atoms with Gasteiger partial charge in [0.1, 0.15) is 18.0 Å². The summed E-state index contributed by atoms with van der Waals surface area (Å²) in [7, 11) is 12.0. The third kappa shape index (κ3) is 6.26. The number of hydrogen-bond acceptors (Lipinski definition) is 6. The molecule has 0 amide bonds. The van der Waals surface area contributed by atoms with E-state index in [0.29, 0.717) is 6.61 Å². The van der Waals surface area contributed by atoms with Crippen LogP contribution >= 0.6 is 18.2 Å². The lowest BCUT2D eigenvalue weighted by atomic mass is 9.69. The average Bonchev–Trinajstić information content (AvgIpc) is 2.60. The molecule has 2 radical (unpaired) electrons. The number of hydrogen-bond donors (Lipinski definition) is 1. The van der Waals surface area contributed by atoms with E-state index in [9.17, 15) is 5.11 Å². The highest BCUT2D eigenvalue weighted by atomic mass is 31.0. The third-order valence-corrected chi connectivity index (χ3v) is 3.90. The maximum atomic E-state index is 10.4. The molecule has 2 rings (SSSR count). The van der Waals surface area contributed by atoms with Gasteiger partial charge in [-0.15, -0.1) is 18.2 Å². The van der Waals surface area contributed by atoms with Crippen molar-refractivity contribution < 1.29 is 28.6 Å². The minimum absolute atomic E-state index is 0.188. The lowest BCUT2D eigenvalue weighted by molar-refractivity contribution is -0.201. The van der Waals surface area contributed by atoms with Gasteiger partial charge in [0, 0.05) is 7.11 Å². The van der Waals surface area contributed by atoms with Gasteiger partial charge < -0.3 is 28.6 Å². The maximum absolute atomic E-state index is 10.4. The molecule has 0 saturated heterocycles. The van der Waals surface area contributed by atoms with E-state index in [2.05, 4.69) is 18.2 Å². The smallest absolute Gasteiger partial charge is 0.318 e. The fourth-order valence-electron chi connectivity index (χ4n) is 2.54. The largest absolute Gasteiger partial charge is 0.565 e. The van der Waals surface area contributed by atoms with E-state index in [1.54, 1.807) is 0 Å². The quantitative estimate of drug-likeness (QED) is 0.509. The Morgan fingerprint density at radius 3 is 2.54 bits per heavy atom. The molecule has 0 aliphatic carbocycles. The predicted molar refractivity (Wildman–Crippen MR) is 110 cm³/mol. The Morgan fingerprint density at radius 2 is 1.96 bits per heavy atom. The van der Waals surface area contributed by atoms with Crippen molar-refractivity contribution in [3.8, 4) is 0 Å². The van der Waals surface area contributed by atoms with Crippen LogP contribution in [0.25, 0.3) is 0 Å². The van der Waals surface area contributed by atoms with Gasteiger partial charge in [0.25, 0.3) is 0 Å². The molecule has 138 valence electrons. The van der Waals surface area contributed by atoms with Gasteiger partial charge in [-0.2, -0.15) is 0 Å². The van der Waals surface area contributed by atoms with Crippen molar-refractivity contribution in [2.24, 2.45) is 0 Å². The summed E-state index contributed by atoms with van der Waals surface area (Å²) in [6.07, 6.45) is -2.20. The van der Waals surface area contributed by atoms with Crippen molar-refractivity contribution in [2.75, 3.05) is 13.7 Å². The lowest BCUT2D eigenvalue weighted by Crippen LogP contribution is -2.48. The highest BCUT2D eigenvalue weighted by molar-refractivity contribution is 7.70. The molecule has 1 aliphatic rings. The Morgan fingerprint density at radius 1 is 1.27 bits per heavy atom. The first kappa shape index (κ1) is 21.8. The van der Waals surface area contributed by atoms with Gasteiger partial charge in [0.2, 0.25) is 6.29 Å². The first-order valence-electron chi connectivity index (χ1n) is 8.24. The van der Waals surface area contributed by atoms with Crippen LogP contribution in [0.4, 0.5) is 0 Å². The fraction of sp³-hybridized carbons (Fsp3) is 0.467. The molecule has 3 unspecified atom stereocenters. The predicted octanol–water partition coefficient (Wildman–Crippen LogP) is 1.77. The van der Waals surface area contributed by atoms with Gasteiger partial charge in [0.15, 0.2) is 5.76 Å². The summed E-state index contributed by atoms with van der Waals surface area (Å²) in [5, 5.41) is 10.4. The van der Waals surface area contributed by atoms with Gasteiger partial charge >= 0.3 is 13.2 Å². The molecule has 0 saturated carbocycles. The van der Waals surface area contributed by atoms with Gasteiger partial charge in [-0.1, -0.05) is 37.2 Å². The maximum Gasteiger partial charge on any atom is 0.318 e. The van der Waals surface area contributed by atoms with Gasteiger partial charge in [-0.05, 0) is 5.56 Å². The molecule has 1 heterocycles. The second-order valence-corrected chi connectivity index (χ2v) is 7.43. The van der Waals surface area contributed by atoms with Crippen molar-refractivity contribution in [2.45, 2.75) is 31.9 Å². The van der Waals surface area contributed by atoms with Crippen LogP contribution in [0.1, 0.15) is 5.56 Å². The minimum atomic E-state index is -0.973. The summed E-state index contributed by atoms with van der Waals surface area (Å²) >= 11 is 0. The zero-order valence-electron chi connectivity index (χ0n) is 14.9. The minimum Gasteiger partial charge on any atom is -0.565 e. The molecule has 1 N–H and O–H groups in total. The summed E-state index contributed by atoms with van der Waals surface area (Å²) in [6.45, 7) is 1.59. The van der Waals surface area contributed by atoms with Crippen molar-refractivity contribution >= 4 is 39.1 Å². The number of aliphatic hydroxyl groups excluding tert-OH is 1. The van der Waals surface area contributed by atoms with Crippen LogP contribution in [-0.2, 0) is 30.1 Å². The Hall–Kier alpha value is -0.545. The molecule has 0 aromatic heterocycles. The fourth-order valence-corrected chi connectivity index (χ4v) is 2.86. The van der Waals surface area contributed by atoms with E-state index < -0.39 is 25.0 Å². The molecular formula is C15H23B3O6P2. The normalized spacial score (nSPS) is 23.0. The second kappa shape index (κ2) is 10.7. The zero-order chi connectivity index (χ0) is 19.1. The SMILES string of the molecule is [B]B(P)OC1=C(O)[C@H](OC)OC(COCc2ccccc2)[C@H]1OB(C)P. The summed E-state index contributed by atoms with van der Waals surface area (Å²) in [6, 6.07) is 9.81. The molecule has 11 heteroatoms. The highest BCUT2D eigenvalue weighted by Gasteiger charge is 2.41. The van der Waals surface area contributed by atoms with Crippen molar-refractivity contribution in [3.05, 3.63) is 47.4 Å². The van der Waals surface area contributed by atoms with Crippen molar-refractivity contribution in [1.82, 2.24) is 0 Å². The summed E-state index contributed by atoms with van der Waals surface area (Å²) in [4.78, 5) is 0. The molecule has 26 heavy (non-hydrogen) atoms. The van der Waals surface area contributed by atoms with Gasteiger partial charge in [0.05, 0.1) is 21.0 Å². The molecule has 0 fully saturated rings. The van der Waals surface area contributed by atoms with Crippen LogP contribution in [0.3, 0.4) is 0 Å². The number of benzene rings is 1. The average molecular weight is 394 g/mol. The molecule has 1 aliphatic heterocycles. The zero-order valence-corrected chi connectivity index (χ0v) is 17.2. The molecule has 6 nitrogen and oxygen atoms in total. The van der Waals surface area contributed by atoms with E-state index >= 15 is 0 Å². The molecule has 0 spiro atoms. The lowest BCUT2D eigenvalue weighted by Gasteiger charge is -2.38. The van der Waals surface area contributed by atoms with Crippen LogP contribution < -0.4 is 0 Å². The summed E-state index contributed by atoms with van der Waals surface area (Å²) in [5.41, 5.74) is 1.05. The van der Waals surface area contributed by atoms with E-state index in [4.69, 9.17) is 31.3 Å². The first-order chi connectivity index (χ1) is 12.4. The van der Waals surface area contributed by atoms with Crippen LogP contribution in [0.5, 0.6) is 0 Å². The number of aliphatic hydroxyl groups is 1. The topological polar surface area (TPSA) is 66.4 Å². The van der Waals surface area contributed by atoms with Crippen LogP contribution in [0.15, 0.2) is 41.9 Å². The Labute approximate surface area is 161 Å². The third-order valence-electron chi connectivity index (χ3n) is 3.60. The summed E-state index contributed by atoms with van der Waals surface area (Å²) in [5.74, 6) is -0.00595. The highest BCUT2D eigenvalue weighted by Crippen LogP contribution is 2.30. The molecule has 1 aromatic carbocycles. The molecule has 5 atom stereocenters. The first-order valence-corrected chi connectivity index (χ1v) is 9.57. The van der Waals surface area contributed by atoms with Crippen molar-refractivity contribution in [1.29, 1.82) is 0 Å².